The molecule has 34 heavy (non-hydrogen) atoms. The Morgan fingerprint density at radius 1 is 1.21 bits per heavy atom. The summed E-state index contributed by atoms with van der Waals surface area (Å²) in [6.07, 6.45) is -0.192. The minimum Gasteiger partial charge on any atom is -0.497 e. The highest BCUT2D eigenvalue weighted by Crippen LogP contribution is 2.33. The lowest BCUT2D eigenvalue weighted by Gasteiger charge is -2.29. The van der Waals surface area contributed by atoms with Crippen LogP contribution in [0, 0.1) is 17.8 Å². The number of hydrogen-bond donors (Lipinski definition) is 1. The standard InChI is InChI=1S/C23H34N2O8S/c1-15(2)11-25(34(28,29)18-7-5-17(30-4)6-8-18)12-16(3)20(13-26)24-23(27)33-21-14-32-22-19(21)9-10-31-22/h5-8,13,15-16,19-22H,9-12,14H2,1-4H3,(H,24,27)/t16-,19+,20-,21+,22-/m1/s1. The SMILES string of the molecule is COc1ccc(S(=O)(=O)N(CC(C)C)C[C@@H](C)[C@@H](C=O)NC(=O)O[C@H]2CO[C@H]3OCC[C@H]32)cc1. The monoisotopic (exact) mass is 498 g/mol. The molecule has 11 heteroatoms. The van der Waals surface area contributed by atoms with Crippen LogP contribution < -0.4 is 10.1 Å². The lowest BCUT2D eigenvalue weighted by molar-refractivity contribution is -0.110. The van der Waals surface area contributed by atoms with Crippen molar-refractivity contribution in [3.8, 4) is 5.75 Å². The molecule has 0 spiro atoms. The van der Waals surface area contributed by atoms with Gasteiger partial charge in [0.25, 0.3) is 0 Å². The van der Waals surface area contributed by atoms with Gasteiger partial charge >= 0.3 is 6.09 Å². The van der Waals surface area contributed by atoms with Crippen LogP contribution in [-0.2, 0) is 29.0 Å². The minimum absolute atomic E-state index is 0.0194. The molecule has 5 atom stereocenters. The molecule has 0 bridgehead atoms. The van der Waals surface area contributed by atoms with Gasteiger partial charge in [0.1, 0.15) is 18.1 Å². The van der Waals surface area contributed by atoms with E-state index in [2.05, 4.69) is 5.32 Å². The van der Waals surface area contributed by atoms with Gasteiger partial charge < -0.3 is 29.1 Å². The number of rotatable bonds is 11. The maximum atomic E-state index is 13.3. The third kappa shape index (κ3) is 6.26. The van der Waals surface area contributed by atoms with Gasteiger partial charge in [0.2, 0.25) is 10.0 Å². The van der Waals surface area contributed by atoms with Crippen LogP contribution in [0.5, 0.6) is 5.75 Å². The topological polar surface area (TPSA) is 120 Å². The minimum atomic E-state index is -3.83. The number of carbonyl (C=O) groups is 2. The van der Waals surface area contributed by atoms with Gasteiger partial charge in [-0.2, -0.15) is 4.31 Å². The van der Waals surface area contributed by atoms with Crippen LogP contribution in [-0.4, -0.2) is 77.0 Å². The summed E-state index contributed by atoms with van der Waals surface area (Å²) in [5, 5.41) is 2.57. The Hall–Kier alpha value is -2.21. The number of ether oxygens (including phenoxy) is 4. The van der Waals surface area contributed by atoms with Crippen LogP contribution in [0.15, 0.2) is 29.2 Å². The van der Waals surface area contributed by atoms with Crippen LogP contribution in [0.4, 0.5) is 4.79 Å². The molecule has 0 radical (unpaired) electrons. The van der Waals surface area contributed by atoms with E-state index in [9.17, 15) is 18.0 Å². The largest absolute Gasteiger partial charge is 0.497 e. The Morgan fingerprint density at radius 3 is 2.53 bits per heavy atom. The second-order valence-electron chi connectivity index (χ2n) is 9.14. The van der Waals surface area contributed by atoms with Gasteiger partial charge in [-0.1, -0.05) is 20.8 Å². The molecule has 0 unspecified atom stereocenters. The molecular formula is C23H34N2O8S. The van der Waals surface area contributed by atoms with Crippen molar-refractivity contribution in [1.82, 2.24) is 9.62 Å². The van der Waals surface area contributed by atoms with Gasteiger partial charge in [-0.3, -0.25) is 0 Å². The van der Waals surface area contributed by atoms with Gasteiger partial charge in [-0.15, -0.1) is 0 Å². The van der Waals surface area contributed by atoms with E-state index in [1.165, 1.54) is 23.5 Å². The smallest absolute Gasteiger partial charge is 0.408 e. The van der Waals surface area contributed by atoms with Gasteiger partial charge in [0.15, 0.2) is 6.29 Å². The molecular weight excluding hydrogens is 464 g/mol. The fourth-order valence-corrected chi connectivity index (χ4v) is 5.88. The number of fused-ring (bicyclic) bond motifs is 1. The predicted molar refractivity (Wildman–Crippen MR) is 123 cm³/mol. The molecule has 1 N–H and O–H groups in total. The molecule has 190 valence electrons. The molecule has 3 rings (SSSR count). The molecule has 2 aliphatic rings. The molecule has 2 fully saturated rings. The van der Waals surface area contributed by atoms with Crippen molar-refractivity contribution in [2.45, 2.75) is 50.5 Å². The quantitative estimate of drug-likeness (QED) is 0.460. The van der Waals surface area contributed by atoms with Crippen LogP contribution in [0.1, 0.15) is 27.2 Å². The van der Waals surface area contributed by atoms with E-state index in [0.717, 1.165) is 6.42 Å². The number of methoxy groups -OCH3 is 1. The van der Waals surface area contributed by atoms with E-state index in [4.69, 9.17) is 18.9 Å². The van der Waals surface area contributed by atoms with Crippen LogP contribution >= 0.6 is 0 Å². The number of benzene rings is 1. The first kappa shape index (κ1) is 26.4. The van der Waals surface area contributed by atoms with Gasteiger partial charge in [0, 0.05) is 13.1 Å². The van der Waals surface area contributed by atoms with Crippen LogP contribution in [0.2, 0.25) is 0 Å². The highest BCUT2D eigenvalue weighted by molar-refractivity contribution is 7.89. The fourth-order valence-electron chi connectivity index (χ4n) is 4.18. The number of aldehydes is 1. The summed E-state index contributed by atoms with van der Waals surface area (Å²) >= 11 is 0. The molecule has 10 nitrogen and oxygen atoms in total. The average molecular weight is 499 g/mol. The number of carbonyl (C=O) groups excluding carboxylic acids is 2. The van der Waals surface area contributed by atoms with Crippen molar-refractivity contribution >= 4 is 22.4 Å². The Labute approximate surface area is 200 Å². The van der Waals surface area contributed by atoms with Crippen LogP contribution in [0.3, 0.4) is 0 Å². The van der Waals surface area contributed by atoms with Crippen molar-refractivity contribution in [1.29, 1.82) is 0 Å². The zero-order valence-corrected chi connectivity index (χ0v) is 20.8. The zero-order valence-electron chi connectivity index (χ0n) is 20.0. The third-order valence-corrected chi connectivity index (χ3v) is 7.89. The lowest BCUT2D eigenvalue weighted by atomic mass is 10.0. The fraction of sp³-hybridized carbons (Fsp3) is 0.652. The van der Waals surface area contributed by atoms with Gasteiger partial charge in [0.05, 0.1) is 37.2 Å². The number of nitrogens with zero attached hydrogens (tertiary/aromatic N) is 1. The third-order valence-electron chi connectivity index (χ3n) is 6.05. The number of nitrogens with one attached hydrogen (secondary N) is 1. The van der Waals surface area contributed by atoms with Crippen molar-refractivity contribution in [2.24, 2.45) is 17.8 Å². The molecule has 1 aromatic rings. The Kier molecular flexibility index (Phi) is 8.91. The second-order valence-corrected chi connectivity index (χ2v) is 11.1. The summed E-state index contributed by atoms with van der Waals surface area (Å²) in [4.78, 5) is 24.4. The molecule has 2 saturated heterocycles. The van der Waals surface area contributed by atoms with Crippen molar-refractivity contribution < 1.29 is 37.0 Å². The maximum Gasteiger partial charge on any atom is 0.408 e. The first-order chi connectivity index (χ1) is 16.1. The van der Waals surface area contributed by atoms with Gasteiger partial charge in [-0.25, -0.2) is 13.2 Å². The summed E-state index contributed by atoms with van der Waals surface area (Å²) in [6.45, 7) is 6.65. The molecule has 0 aliphatic carbocycles. The highest BCUT2D eigenvalue weighted by atomic mass is 32.2. The highest BCUT2D eigenvalue weighted by Gasteiger charge is 2.44. The Balaban J connectivity index is 1.65. The molecule has 2 heterocycles. The summed E-state index contributed by atoms with van der Waals surface area (Å²) in [6, 6.07) is 5.22. The lowest BCUT2D eigenvalue weighted by Crippen LogP contribution is -2.47. The maximum absolute atomic E-state index is 13.3. The van der Waals surface area contributed by atoms with Crippen molar-refractivity contribution in [3.05, 3.63) is 24.3 Å². The second kappa shape index (κ2) is 11.5. The van der Waals surface area contributed by atoms with E-state index < -0.39 is 34.2 Å². The molecule has 0 aromatic heterocycles. The van der Waals surface area contributed by atoms with E-state index in [1.54, 1.807) is 19.1 Å². The Bertz CT molecular complexity index is 937. The van der Waals surface area contributed by atoms with E-state index in [-0.39, 0.29) is 42.7 Å². The summed E-state index contributed by atoms with van der Waals surface area (Å²) < 4.78 is 49.5. The van der Waals surface area contributed by atoms with Crippen molar-refractivity contribution in [3.63, 3.8) is 0 Å². The number of amides is 1. The molecule has 2 aliphatic heterocycles. The molecule has 0 saturated carbocycles. The first-order valence-corrected chi connectivity index (χ1v) is 12.9. The van der Waals surface area contributed by atoms with Crippen LogP contribution in [0.25, 0.3) is 0 Å². The van der Waals surface area contributed by atoms with Gasteiger partial charge in [-0.05, 0) is 42.5 Å². The number of hydrogen-bond acceptors (Lipinski definition) is 8. The zero-order chi connectivity index (χ0) is 24.9. The normalized spacial score (nSPS) is 24.0. The number of alkyl carbamates (subject to hydrolysis) is 1. The molecule has 1 amide bonds. The predicted octanol–water partition coefficient (Wildman–Crippen LogP) is 2.03. The average Bonchev–Trinajstić information content (AvgIpc) is 3.42. The van der Waals surface area contributed by atoms with E-state index >= 15 is 0 Å². The van der Waals surface area contributed by atoms with E-state index in [1.807, 2.05) is 13.8 Å². The molecule has 1 aromatic carbocycles. The van der Waals surface area contributed by atoms with Crippen molar-refractivity contribution in [2.75, 3.05) is 33.4 Å². The number of sulfonamides is 1. The first-order valence-electron chi connectivity index (χ1n) is 11.5. The Morgan fingerprint density at radius 2 is 1.91 bits per heavy atom. The summed E-state index contributed by atoms with van der Waals surface area (Å²) in [5.74, 6) is 0.0830. The van der Waals surface area contributed by atoms with E-state index in [0.29, 0.717) is 18.6 Å². The summed E-state index contributed by atoms with van der Waals surface area (Å²) in [7, 11) is -2.32. The summed E-state index contributed by atoms with van der Waals surface area (Å²) in [5.41, 5.74) is 0.